The lowest BCUT2D eigenvalue weighted by molar-refractivity contribution is 0.243. The minimum atomic E-state index is 0.868. The third-order valence-electron chi connectivity index (χ3n) is 4.26. The summed E-state index contributed by atoms with van der Waals surface area (Å²) in [5.74, 6) is 0.868. The SMILES string of the molecule is Cc1ncc2c(n1)CCN(Cc1c[nH]c3cccc(Br)c13)C2. The zero-order valence-corrected chi connectivity index (χ0v) is 14.0. The van der Waals surface area contributed by atoms with Gasteiger partial charge in [0, 0.05) is 65.1 Å². The Hall–Kier alpha value is -1.72. The van der Waals surface area contributed by atoms with Gasteiger partial charge in [-0.3, -0.25) is 4.90 Å². The molecule has 22 heavy (non-hydrogen) atoms. The molecule has 0 spiro atoms. The number of aromatic nitrogens is 3. The average molecular weight is 357 g/mol. The van der Waals surface area contributed by atoms with Gasteiger partial charge in [-0.25, -0.2) is 9.97 Å². The standard InChI is InChI=1S/C17H17BrN4/c1-11-19-7-12-9-22(6-5-15(12)21-11)10-13-8-20-16-4-2-3-14(18)17(13)16/h2-4,7-8,20H,5-6,9-10H2,1H3. The fourth-order valence-corrected chi connectivity index (χ4v) is 3.80. The lowest BCUT2D eigenvalue weighted by Gasteiger charge is -2.27. The molecule has 1 N–H and O–H groups in total. The minimum Gasteiger partial charge on any atom is -0.361 e. The summed E-state index contributed by atoms with van der Waals surface area (Å²) in [5.41, 5.74) is 4.99. The number of nitrogens with zero attached hydrogens (tertiary/aromatic N) is 3. The molecule has 5 heteroatoms. The highest BCUT2D eigenvalue weighted by atomic mass is 79.9. The number of rotatable bonds is 2. The molecule has 2 aromatic heterocycles. The molecule has 0 saturated carbocycles. The molecule has 0 amide bonds. The van der Waals surface area contributed by atoms with Crippen LogP contribution in [0, 0.1) is 6.92 Å². The van der Waals surface area contributed by atoms with Crippen molar-refractivity contribution >= 4 is 26.8 Å². The molecule has 1 aliphatic heterocycles. The molecule has 1 aliphatic rings. The Morgan fingerprint density at radius 3 is 3.18 bits per heavy atom. The fourth-order valence-electron chi connectivity index (χ4n) is 3.18. The average Bonchev–Trinajstić information content (AvgIpc) is 2.92. The molecule has 0 aliphatic carbocycles. The van der Waals surface area contributed by atoms with Gasteiger partial charge in [-0.05, 0) is 24.6 Å². The normalized spacial score (nSPS) is 15.2. The van der Waals surface area contributed by atoms with Crippen LogP contribution in [-0.2, 0) is 19.5 Å². The molecule has 4 rings (SSSR count). The lowest BCUT2D eigenvalue weighted by Crippen LogP contribution is -2.31. The van der Waals surface area contributed by atoms with Gasteiger partial charge in [-0.15, -0.1) is 0 Å². The molecule has 4 nitrogen and oxygen atoms in total. The molecule has 0 atom stereocenters. The van der Waals surface area contributed by atoms with E-state index >= 15 is 0 Å². The number of halogens is 1. The molecular formula is C17H17BrN4. The van der Waals surface area contributed by atoms with E-state index in [1.807, 2.05) is 13.1 Å². The number of benzene rings is 1. The number of aromatic amines is 1. The second-order valence-corrected chi connectivity index (χ2v) is 6.68. The van der Waals surface area contributed by atoms with Crippen molar-refractivity contribution in [3.05, 3.63) is 57.7 Å². The van der Waals surface area contributed by atoms with Crippen molar-refractivity contribution in [2.75, 3.05) is 6.54 Å². The fraction of sp³-hybridized carbons (Fsp3) is 0.294. The predicted molar refractivity (Wildman–Crippen MR) is 90.6 cm³/mol. The third-order valence-corrected chi connectivity index (χ3v) is 4.92. The van der Waals surface area contributed by atoms with E-state index in [1.54, 1.807) is 0 Å². The second kappa shape index (κ2) is 5.48. The molecule has 0 bridgehead atoms. The summed E-state index contributed by atoms with van der Waals surface area (Å²) in [5, 5.41) is 1.29. The van der Waals surface area contributed by atoms with E-state index in [4.69, 9.17) is 0 Å². The maximum Gasteiger partial charge on any atom is 0.125 e. The van der Waals surface area contributed by atoms with Gasteiger partial charge >= 0.3 is 0 Å². The van der Waals surface area contributed by atoms with Crippen LogP contribution in [0.1, 0.15) is 22.6 Å². The highest BCUT2D eigenvalue weighted by molar-refractivity contribution is 9.10. The maximum atomic E-state index is 4.56. The first-order valence-electron chi connectivity index (χ1n) is 7.49. The Bertz CT molecular complexity index is 840. The van der Waals surface area contributed by atoms with E-state index in [-0.39, 0.29) is 0 Å². The van der Waals surface area contributed by atoms with E-state index in [1.165, 1.54) is 27.7 Å². The van der Waals surface area contributed by atoms with Crippen molar-refractivity contribution in [3.63, 3.8) is 0 Å². The largest absolute Gasteiger partial charge is 0.361 e. The summed E-state index contributed by atoms with van der Waals surface area (Å²) in [6.07, 6.45) is 5.10. The molecule has 3 heterocycles. The maximum absolute atomic E-state index is 4.56. The molecule has 1 aromatic carbocycles. The summed E-state index contributed by atoms with van der Waals surface area (Å²) in [6.45, 7) is 4.86. The van der Waals surface area contributed by atoms with Crippen molar-refractivity contribution in [1.29, 1.82) is 0 Å². The summed E-state index contributed by atoms with van der Waals surface area (Å²) >= 11 is 3.67. The topological polar surface area (TPSA) is 44.8 Å². The Morgan fingerprint density at radius 1 is 1.36 bits per heavy atom. The molecular weight excluding hydrogens is 340 g/mol. The number of H-pyrrole nitrogens is 1. The van der Waals surface area contributed by atoms with Crippen molar-refractivity contribution in [2.45, 2.75) is 26.4 Å². The Balaban J connectivity index is 1.60. The van der Waals surface area contributed by atoms with Crippen LogP contribution in [0.25, 0.3) is 10.9 Å². The highest BCUT2D eigenvalue weighted by Crippen LogP contribution is 2.29. The van der Waals surface area contributed by atoms with Gasteiger partial charge in [0.05, 0.1) is 0 Å². The summed E-state index contributed by atoms with van der Waals surface area (Å²) in [6, 6.07) is 6.27. The van der Waals surface area contributed by atoms with Crippen molar-refractivity contribution < 1.29 is 0 Å². The summed E-state index contributed by atoms with van der Waals surface area (Å²) < 4.78 is 1.15. The zero-order chi connectivity index (χ0) is 15.1. The van der Waals surface area contributed by atoms with E-state index in [0.29, 0.717) is 0 Å². The molecule has 0 radical (unpaired) electrons. The molecule has 0 fully saturated rings. The van der Waals surface area contributed by atoms with Gasteiger partial charge in [0.1, 0.15) is 5.82 Å². The highest BCUT2D eigenvalue weighted by Gasteiger charge is 2.19. The van der Waals surface area contributed by atoms with Crippen LogP contribution in [0.3, 0.4) is 0 Å². The molecule has 0 saturated heterocycles. The molecule has 3 aromatic rings. The Morgan fingerprint density at radius 2 is 2.27 bits per heavy atom. The van der Waals surface area contributed by atoms with Crippen molar-refractivity contribution in [3.8, 4) is 0 Å². The quantitative estimate of drug-likeness (QED) is 0.762. The minimum absolute atomic E-state index is 0.868. The van der Waals surface area contributed by atoms with Gasteiger partial charge < -0.3 is 4.98 Å². The lowest BCUT2D eigenvalue weighted by atomic mass is 10.1. The van der Waals surface area contributed by atoms with Gasteiger partial charge in [-0.2, -0.15) is 0 Å². The van der Waals surface area contributed by atoms with Gasteiger partial charge in [0.15, 0.2) is 0 Å². The first kappa shape index (κ1) is 13.9. The van der Waals surface area contributed by atoms with Crippen molar-refractivity contribution in [2.24, 2.45) is 0 Å². The zero-order valence-electron chi connectivity index (χ0n) is 12.4. The Labute approximate surface area is 137 Å². The van der Waals surface area contributed by atoms with Crippen molar-refractivity contribution in [1.82, 2.24) is 19.9 Å². The Kier molecular flexibility index (Phi) is 3.47. The second-order valence-electron chi connectivity index (χ2n) is 5.83. The van der Waals surface area contributed by atoms with E-state index in [0.717, 1.165) is 36.4 Å². The van der Waals surface area contributed by atoms with E-state index < -0.39 is 0 Å². The van der Waals surface area contributed by atoms with Gasteiger partial charge in [0.25, 0.3) is 0 Å². The third kappa shape index (κ3) is 2.44. The van der Waals surface area contributed by atoms with Crippen LogP contribution in [0.4, 0.5) is 0 Å². The molecule has 0 unspecified atom stereocenters. The number of hydrogen-bond acceptors (Lipinski definition) is 3. The first-order chi connectivity index (χ1) is 10.7. The van der Waals surface area contributed by atoms with E-state index in [2.05, 4.69) is 60.2 Å². The van der Waals surface area contributed by atoms with Crippen LogP contribution < -0.4 is 0 Å². The predicted octanol–water partition coefficient (Wildman–Crippen LogP) is 3.59. The van der Waals surface area contributed by atoms with E-state index in [9.17, 15) is 0 Å². The van der Waals surface area contributed by atoms with Crippen LogP contribution in [0.15, 0.2) is 35.1 Å². The number of aryl methyl sites for hydroxylation is 1. The smallest absolute Gasteiger partial charge is 0.125 e. The number of nitrogens with one attached hydrogen (secondary N) is 1. The summed E-state index contributed by atoms with van der Waals surface area (Å²) in [7, 11) is 0. The monoisotopic (exact) mass is 356 g/mol. The number of hydrogen-bond donors (Lipinski definition) is 1. The van der Waals surface area contributed by atoms with Crippen LogP contribution in [0.2, 0.25) is 0 Å². The first-order valence-corrected chi connectivity index (χ1v) is 8.28. The van der Waals surface area contributed by atoms with Crippen LogP contribution >= 0.6 is 15.9 Å². The van der Waals surface area contributed by atoms with Gasteiger partial charge in [0.2, 0.25) is 0 Å². The summed E-state index contributed by atoms with van der Waals surface area (Å²) in [4.78, 5) is 14.7. The van der Waals surface area contributed by atoms with Crippen LogP contribution in [-0.4, -0.2) is 26.4 Å². The molecule has 112 valence electrons. The van der Waals surface area contributed by atoms with Crippen LogP contribution in [0.5, 0.6) is 0 Å². The number of fused-ring (bicyclic) bond motifs is 2. The van der Waals surface area contributed by atoms with Gasteiger partial charge in [-0.1, -0.05) is 22.0 Å².